The fourth-order valence-electron chi connectivity index (χ4n) is 3.17. The van der Waals surface area contributed by atoms with Gasteiger partial charge >= 0.3 is 0 Å². The number of hydrogen-bond acceptors (Lipinski definition) is 1. The number of ether oxygens (including phenoxy) is 1. The SMILES string of the molecule is CC(C)OC1CC2CCCCC2C1. The molecule has 0 saturated heterocycles. The first-order valence-corrected chi connectivity index (χ1v) is 5.91. The smallest absolute Gasteiger partial charge is 0.0584 e. The van der Waals surface area contributed by atoms with Crippen LogP contribution in [0.15, 0.2) is 0 Å². The standard InChI is InChI=1S/C12H22O/c1-9(2)13-12-7-10-5-3-4-6-11(10)8-12/h9-12H,3-8H2,1-2H3. The van der Waals surface area contributed by atoms with Gasteiger partial charge in [0.05, 0.1) is 12.2 Å². The highest BCUT2D eigenvalue weighted by atomic mass is 16.5. The van der Waals surface area contributed by atoms with E-state index >= 15 is 0 Å². The fourth-order valence-corrected chi connectivity index (χ4v) is 3.17. The Hall–Kier alpha value is -0.0400. The Bertz CT molecular complexity index is 151. The van der Waals surface area contributed by atoms with Gasteiger partial charge in [0.25, 0.3) is 0 Å². The van der Waals surface area contributed by atoms with Gasteiger partial charge in [-0.2, -0.15) is 0 Å². The summed E-state index contributed by atoms with van der Waals surface area (Å²) in [6.07, 6.45) is 9.60. The van der Waals surface area contributed by atoms with Crippen molar-refractivity contribution in [3.8, 4) is 0 Å². The van der Waals surface area contributed by atoms with Crippen molar-refractivity contribution in [2.75, 3.05) is 0 Å². The summed E-state index contributed by atoms with van der Waals surface area (Å²) in [5.74, 6) is 2.02. The van der Waals surface area contributed by atoms with E-state index in [1.54, 1.807) is 0 Å². The molecular formula is C12H22O. The van der Waals surface area contributed by atoms with Gasteiger partial charge in [0.15, 0.2) is 0 Å². The molecule has 0 aromatic rings. The second-order valence-corrected chi connectivity index (χ2v) is 5.08. The van der Waals surface area contributed by atoms with Crippen molar-refractivity contribution < 1.29 is 4.74 Å². The molecule has 2 saturated carbocycles. The highest BCUT2D eigenvalue weighted by Crippen LogP contribution is 2.43. The van der Waals surface area contributed by atoms with Crippen LogP contribution in [-0.4, -0.2) is 12.2 Å². The van der Waals surface area contributed by atoms with Crippen molar-refractivity contribution in [3.63, 3.8) is 0 Å². The summed E-state index contributed by atoms with van der Waals surface area (Å²) in [5, 5.41) is 0. The van der Waals surface area contributed by atoms with Crippen LogP contribution < -0.4 is 0 Å². The summed E-state index contributed by atoms with van der Waals surface area (Å²) in [6, 6.07) is 0. The zero-order valence-corrected chi connectivity index (χ0v) is 8.96. The van der Waals surface area contributed by atoms with Gasteiger partial charge in [0.2, 0.25) is 0 Å². The lowest BCUT2D eigenvalue weighted by Gasteiger charge is -2.23. The Kier molecular flexibility index (Phi) is 2.92. The second-order valence-electron chi connectivity index (χ2n) is 5.08. The molecule has 13 heavy (non-hydrogen) atoms. The number of fused-ring (bicyclic) bond motifs is 1. The third-order valence-electron chi connectivity index (χ3n) is 3.66. The van der Waals surface area contributed by atoms with Crippen LogP contribution in [0.3, 0.4) is 0 Å². The van der Waals surface area contributed by atoms with E-state index in [2.05, 4.69) is 13.8 Å². The molecule has 0 aromatic heterocycles. The molecule has 76 valence electrons. The molecule has 0 bridgehead atoms. The topological polar surface area (TPSA) is 9.23 Å². The van der Waals surface area contributed by atoms with Crippen LogP contribution in [0, 0.1) is 11.8 Å². The van der Waals surface area contributed by atoms with E-state index in [1.165, 1.54) is 38.5 Å². The molecule has 0 heterocycles. The first-order chi connectivity index (χ1) is 6.25. The van der Waals surface area contributed by atoms with Gasteiger partial charge in [-0.3, -0.25) is 0 Å². The summed E-state index contributed by atoms with van der Waals surface area (Å²) in [6.45, 7) is 4.31. The average Bonchev–Trinajstić information content (AvgIpc) is 2.44. The second kappa shape index (κ2) is 4.00. The zero-order chi connectivity index (χ0) is 9.26. The van der Waals surface area contributed by atoms with Gasteiger partial charge in [-0.1, -0.05) is 25.7 Å². The molecule has 2 unspecified atom stereocenters. The van der Waals surface area contributed by atoms with Crippen molar-refractivity contribution in [1.82, 2.24) is 0 Å². The van der Waals surface area contributed by atoms with Crippen molar-refractivity contribution in [2.24, 2.45) is 11.8 Å². The summed E-state index contributed by atoms with van der Waals surface area (Å²) in [5.41, 5.74) is 0. The van der Waals surface area contributed by atoms with Crippen molar-refractivity contribution in [1.29, 1.82) is 0 Å². The molecule has 0 amide bonds. The van der Waals surface area contributed by atoms with E-state index in [9.17, 15) is 0 Å². The molecule has 1 nitrogen and oxygen atoms in total. The lowest BCUT2D eigenvalue weighted by Crippen LogP contribution is -2.14. The third-order valence-corrected chi connectivity index (χ3v) is 3.66. The Morgan fingerprint density at radius 3 is 2.00 bits per heavy atom. The molecule has 0 spiro atoms. The largest absolute Gasteiger partial charge is 0.376 e. The van der Waals surface area contributed by atoms with E-state index < -0.39 is 0 Å². The minimum absolute atomic E-state index is 0.421. The Labute approximate surface area is 81.9 Å². The Morgan fingerprint density at radius 2 is 1.54 bits per heavy atom. The molecular weight excluding hydrogens is 160 g/mol. The summed E-state index contributed by atoms with van der Waals surface area (Å²) in [7, 11) is 0. The molecule has 0 N–H and O–H groups in total. The van der Waals surface area contributed by atoms with Crippen LogP contribution in [-0.2, 0) is 4.74 Å². The maximum Gasteiger partial charge on any atom is 0.0584 e. The van der Waals surface area contributed by atoms with E-state index in [1.807, 2.05) is 0 Å². The van der Waals surface area contributed by atoms with E-state index in [-0.39, 0.29) is 0 Å². The van der Waals surface area contributed by atoms with E-state index in [0.717, 1.165) is 11.8 Å². The molecule has 0 aliphatic heterocycles. The average molecular weight is 182 g/mol. The first-order valence-electron chi connectivity index (χ1n) is 5.91. The predicted molar refractivity (Wildman–Crippen MR) is 54.7 cm³/mol. The zero-order valence-electron chi connectivity index (χ0n) is 8.96. The van der Waals surface area contributed by atoms with Crippen molar-refractivity contribution >= 4 is 0 Å². The van der Waals surface area contributed by atoms with Gasteiger partial charge in [0, 0.05) is 0 Å². The molecule has 2 aliphatic rings. The molecule has 2 fully saturated rings. The quantitative estimate of drug-likeness (QED) is 0.636. The van der Waals surface area contributed by atoms with Gasteiger partial charge < -0.3 is 4.74 Å². The maximum atomic E-state index is 5.90. The maximum absolute atomic E-state index is 5.90. The third kappa shape index (κ3) is 2.25. The normalized spacial score (nSPS) is 39.5. The molecule has 1 heteroatoms. The van der Waals surface area contributed by atoms with Gasteiger partial charge in [-0.25, -0.2) is 0 Å². The Balaban J connectivity index is 1.84. The summed E-state index contributed by atoms with van der Waals surface area (Å²) >= 11 is 0. The molecule has 0 aromatic carbocycles. The van der Waals surface area contributed by atoms with Gasteiger partial charge in [0.1, 0.15) is 0 Å². The number of rotatable bonds is 2. The summed E-state index contributed by atoms with van der Waals surface area (Å²) < 4.78 is 5.90. The predicted octanol–water partition coefficient (Wildman–Crippen LogP) is 3.38. The van der Waals surface area contributed by atoms with Crippen LogP contribution in [0.2, 0.25) is 0 Å². The molecule has 0 radical (unpaired) electrons. The highest BCUT2D eigenvalue weighted by molar-refractivity contribution is 4.86. The molecule has 2 atom stereocenters. The lowest BCUT2D eigenvalue weighted by molar-refractivity contribution is 0.00903. The first kappa shape index (κ1) is 9.51. The minimum Gasteiger partial charge on any atom is -0.376 e. The van der Waals surface area contributed by atoms with Crippen LogP contribution in [0.5, 0.6) is 0 Å². The lowest BCUT2D eigenvalue weighted by atomic mass is 9.82. The number of hydrogen-bond donors (Lipinski definition) is 0. The fraction of sp³-hybridized carbons (Fsp3) is 1.00. The van der Waals surface area contributed by atoms with Gasteiger partial charge in [-0.15, -0.1) is 0 Å². The summed E-state index contributed by atoms with van der Waals surface area (Å²) in [4.78, 5) is 0. The van der Waals surface area contributed by atoms with E-state index in [0.29, 0.717) is 12.2 Å². The van der Waals surface area contributed by atoms with Crippen LogP contribution >= 0.6 is 0 Å². The Morgan fingerprint density at radius 1 is 1.00 bits per heavy atom. The monoisotopic (exact) mass is 182 g/mol. The van der Waals surface area contributed by atoms with E-state index in [4.69, 9.17) is 4.74 Å². The van der Waals surface area contributed by atoms with Crippen molar-refractivity contribution in [2.45, 2.75) is 64.6 Å². The van der Waals surface area contributed by atoms with Crippen LogP contribution in [0.4, 0.5) is 0 Å². The van der Waals surface area contributed by atoms with Crippen molar-refractivity contribution in [3.05, 3.63) is 0 Å². The highest BCUT2D eigenvalue weighted by Gasteiger charge is 2.36. The van der Waals surface area contributed by atoms with Crippen LogP contribution in [0.1, 0.15) is 52.4 Å². The molecule has 2 aliphatic carbocycles. The van der Waals surface area contributed by atoms with Crippen LogP contribution in [0.25, 0.3) is 0 Å². The molecule has 2 rings (SSSR count). The minimum atomic E-state index is 0.421. The van der Waals surface area contributed by atoms with Gasteiger partial charge in [-0.05, 0) is 38.5 Å².